The molecule has 1 heterocycles. The van der Waals surface area contributed by atoms with E-state index in [1.54, 1.807) is 13.0 Å². The highest BCUT2D eigenvalue weighted by Crippen LogP contribution is 2.31. The molecule has 5 heteroatoms. The quantitative estimate of drug-likeness (QED) is 0.891. The molecule has 0 aliphatic heterocycles. The van der Waals surface area contributed by atoms with Gasteiger partial charge in [-0.15, -0.1) is 0 Å². The molecule has 0 saturated carbocycles. The molecule has 18 heavy (non-hydrogen) atoms. The largest absolute Gasteiger partial charge is 0.497 e. The van der Waals surface area contributed by atoms with E-state index in [1.165, 1.54) is 13.2 Å². The second kappa shape index (κ2) is 4.60. The summed E-state index contributed by atoms with van der Waals surface area (Å²) in [7, 11) is 1.35. The van der Waals surface area contributed by atoms with Crippen LogP contribution in [0.2, 0.25) is 0 Å². The smallest absolute Gasteiger partial charge is 0.137 e. The Kier molecular flexibility index (Phi) is 3.14. The minimum absolute atomic E-state index is 0.124. The van der Waals surface area contributed by atoms with Crippen LogP contribution in [-0.4, -0.2) is 12.1 Å². The van der Waals surface area contributed by atoms with E-state index in [4.69, 9.17) is 10.5 Å². The number of hydrogen-bond donors (Lipinski definition) is 1. The number of nitrogens with zero attached hydrogens (tertiary/aromatic N) is 1. The lowest BCUT2D eigenvalue weighted by molar-refractivity contribution is 0.407. The highest BCUT2D eigenvalue weighted by molar-refractivity contribution is 5.69. The van der Waals surface area contributed by atoms with Gasteiger partial charge in [-0.2, -0.15) is 0 Å². The van der Waals surface area contributed by atoms with Gasteiger partial charge in [0.2, 0.25) is 0 Å². The maximum absolute atomic E-state index is 13.9. The summed E-state index contributed by atoms with van der Waals surface area (Å²) in [6, 6.07) is 5.32. The molecule has 0 aliphatic carbocycles. The Bertz CT molecular complexity index is 577. The fraction of sp³-hybridized carbons (Fsp3) is 0.154. The number of pyridine rings is 1. The zero-order valence-corrected chi connectivity index (χ0v) is 10.00. The van der Waals surface area contributed by atoms with Gasteiger partial charge in [0.25, 0.3) is 0 Å². The van der Waals surface area contributed by atoms with E-state index in [1.807, 2.05) is 0 Å². The first kappa shape index (κ1) is 12.3. The number of nitrogens with two attached hydrogens (primary N) is 1. The lowest BCUT2D eigenvalue weighted by Gasteiger charge is -2.10. The molecule has 3 nitrogen and oxygen atoms in total. The monoisotopic (exact) mass is 250 g/mol. The number of aromatic nitrogens is 1. The minimum Gasteiger partial charge on any atom is -0.497 e. The molecule has 0 saturated heterocycles. The number of benzene rings is 1. The number of anilines is 1. The van der Waals surface area contributed by atoms with E-state index in [0.717, 1.165) is 12.1 Å². The third kappa shape index (κ3) is 2.11. The topological polar surface area (TPSA) is 48.1 Å². The predicted molar refractivity (Wildman–Crippen MR) is 65.3 cm³/mol. The predicted octanol–water partition coefficient (Wildman–Crippen LogP) is 2.93. The Hall–Kier alpha value is -2.17. The molecule has 94 valence electrons. The van der Waals surface area contributed by atoms with Crippen LogP contribution in [-0.2, 0) is 0 Å². The van der Waals surface area contributed by atoms with Crippen LogP contribution in [0.3, 0.4) is 0 Å². The molecule has 0 fully saturated rings. The van der Waals surface area contributed by atoms with Gasteiger partial charge in [-0.1, -0.05) is 0 Å². The van der Waals surface area contributed by atoms with Crippen LogP contribution in [0.1, 0.15) is 5.69 Å². The van der Waals surface area contributed by atoms with Crippen molar-refractivity contribution in [1.29, 1.82) is 0 Å². The first-order valence-electron chi connectivity index (χ1n) is 5.29. The van der Waals surface area contributed by atoms with E-state index in [9.17, 15) is 8.78 Å². The molecular weight excluding hydrogens is 238 g/mol. The highest BCUT2D eigenvalue weighted by atomic mass is 19.1. The molecule has 0 atom stereocenters. The number of ether oxygens (including phenoxy) is 1. The van der Waals surface area contributed by atoms with E-state index in [0.29, 0.717) is 17.1 Å². The van der Waals surface area contributed by atoms with Crippen LogP contribution in [0, 0.1) is 18.6 Å². The maximum Gasteiger partial charge on any atom is 0.137 e. The molecule has 0 bridgehead atoms. The molecule has 0 spiro atoms. The summed E-state index contributed by atoms with van der Waals surface area (Å²) in [6.45, 7) is 1.65. The molecule has 2 aromatic rings. The van der Waals surface area contributed by atoms with E-state index in [-0.39, 0.29) is 11.3 Å². The molecule has 1 aromatic carbocycles. The minimum atomic E-state index is -0.693. The third-order valence-electron chi connectivity index (χ3n) is 2.63. The number of aryl methyl sites for hydroxylation is 1. The van der Waals surface area contributed by atoms with Gasteiger partial charge in [0.05, 0.1) is 12.7 Å². The summed E-state index contributed by atoms with van der Waals surface area (Å²) in [4.78, 5) is 3.99. The van der Waals surface area contributed by atoms with Gasteiger partial charge in [-0.3, -0.25) is 0 Å². The van der Waals surface area contributed by atoms with Gasteiger partial charge < -0.3 is 10.5 Å². The van der Waals surface area contributed by atoms with E-state index < -0.39 is 11.6 Å². The summed E-state index contributed by atoms with van der Waals surface area (Å²) in [5, 5.41) is 0. The van der Waals surface area contributed by atoms with Crippen LogP contribution in [0.15, 0.2) is 24.3 Å². The molecular formula is C13H12F2N2O. The van der Waals surface area contributed by atoms with Gasteiger partial charge in [0.15, 0.2) is 0 Å². The molecule has 0 aliphatic rings. The molecule has 0 unspecified atom stereocenters. The Labute approximate surface area is 103 Å². The van der Waals surface area contributed by atoms with Crippen molar-refractivity contribution in [3.05, 3.63) is 41.6 Å². The summed E-state index contributed by atoms with van der Waals surface area (Å²) >= 11 is 0. The Morgan fingerprint density at radius 2 is 1.78 bits per heavy atom. The average Bonchev–Trinajstić information content (AvgIpc) is 2.30. The van der Waals surface area contributed by atoms with Gasteiger partial charge in [0, 0.05) is 23.4 Å². The standard InChI is InChI=1S/C13H12F2N2O/c1-7-9(3-4-12(16)17-7)13-10(14)5-8(18-2)6-11(13)15/h3-6H,1-2H3,(H2,16,17). The normalized spacial score (nSPS) is 10.4. The van der Waals surface area contributed by atoms with Gasteiger partial charge in [0.1, 0.15) is 23.2 Å². The van der Waals surface area contributed by atoms with Crippen molar-refractivity contribution < 1.29 is 13.5 Å². The van der Waals surface area contributed by atoms with Crippen LogP contribution in [0.4, 0.5) is 14.6 Å². The fourth-order valence-corrected chi connectivity index (χ4v) is 1.77. The van der Waals surface area contributed by atoms with Crippen LogP contribution in [0.25, 0.3) is 11.1 Å². The SMILES string of the molecule is COc1cc(F)c(-c2ccc(N)nc2C)c(F)c1. The first-order chi connectivity index (χ1) is 8.52. The lowest BCUT2D eigenvalue weighted by Crippen LogP contribution is -1.98. The zero-order chi connectivity index (χ0) is 13.3. The molecule has 0 amide bonds. The number of methoxy groups -OCH3 is 1. The van der Waals surface area contributed by atoms with Gasteiger partial charge in [-0.05, 0) is 19.1 Å². The Morgan fingerprint density at radius 1 is 1.17 bits per heavy atom. The first-order valence-corrected chi connectivity index (χ1v) is 5.29. The van der Waals surface area contributed by atoms with Crippen molar-refractivity contribution in [3.63, 3.8) is 0 Å². The van der Waals surface area contributed by atoms with E-state index >= 15 is 0 Å². The zero-order valence-electron chi connectivity index (χ0n) is 10.00. The van der Waals surface area contributed by atoms with Crippen molar-refractivity contribution in [3.8, 4) is 16.9 Å². The molecule has 1 aromatic heterocycles. The van der Waals surface area contributed by atoms with Crippen molar-refractivity contribution in [2.45, 2.75) is 6.92 Å². The van der Waals surface area contributed by atoms with Crippen LogP contribution in [0.5, 0.6) is 5.75 Å². The van der Waals surface area contributed by atoms with Gasteiger partial charge in [-0.25, -0.2) is 13.8 Å². The second-order valence-corrected chi connectivity index (χ2v) is 3.84. The summed E-state index contributed by atoms with van der Waals surface area (Å²) in [5.74, 6) is -0.941. The van der Waals surface area contributed by atoms with Gasteiger partial charge >= 0.3 is 0 Å². The highest BCUT2D eigenvalue weighted by Gasteiger charge is 2.16. The molecule has 0 radical (unpaired) electrons. The summed E-state index contributed by atoms with van der Waals surface area (Å²) in [6.07, 6.45) is 0. The van der Waals surface area contributed by atoms with Crippen molar-refractivity contribution >= 4 is 5.82 Å². The summed E-state index contributed by atoms with van der Waals surface area (Å²) < 4.78 is 32.6. The third-order valence-corrected chi connectivity index (χ3v) is 2.63. The Balaban J connectivity index is 2.64. The number of hydrogen-bond acceptors (Lipinski definition) is 3. The Morgan fingerprint density at radius 3 is 2.28 bits per heavy atom. The fourth-order valence-electron chi connectivity index (χ4n) is 1.77. The average molecular weight is 250 g/mol. The maximum atomic E-state index is 13.9. The van der Waals surface area contributed by atoms with Crippen molar-refractivity contribution in [1.82, 2.24) is 4.98 Å². The van der Waals surface area contributed by atoms with E-state index in [2.05, 4.69) is 4.98 Å². The number of rotatable bonds is 2. The van der Waals surface area contributed by atoms with Crippen LogP contribution >= 0.6 is 0 Å². The number of halogens is 2. The second-order valence-electron chi connectivity index (χ2n) is 3.84. The van der Waals surface area contributed by atoms with Crippen molar-refractivity contribution in [2.24, 2.45) is 0 Å². The molecule has 2 N–H and O–H groups in total. The summed E-state index contributed by atoms with van der Waals surface area (Å²) in [5.41, 5.74) is 6.23. The lowest BCUT2D eigenvalue weighted by atomic mass is 10.0. The van der Waals surface area contributed by atoms with Crippen LogP contribution < -0.4 is 10.5 Å². The van der Waals surface area contributed by atoms with Crippen molar-refractivity contribution in [2.75, 3.05) is 12.8 Å². The molecule has 2 rings (SSSR count). The number of nitrogen functional groups attached to an aromatic ring is 1.